The number of rotatable bonds is 4. The van der Waals surface area contributed by atoms with E-state index in [2.05, 4.69) is 50.6 Å². The highest BCUT2D eigenvalue weighted by Gasteiger charge is 2.23. The summed E-state index contributed by atoms with van der Waals surface area (Å²) in [6.07, 6.45) is 0. The molecule has 0 aromatic carbocycles. The van der Waals surface area contributed by atoms with E-state index < -0.39 is 0 Å². The molecule has 0 amide bonds. The van der Waals surface area contributed by atoms with E-state index in [0.29, 0.717) is 0 Å². The molecule has 0 saturated heterocycles. The van der Waals surface area contributed by atoms with Crippen LogP contribution in [-0.4, -0.2) is 23.0 Å². The zero-order valence-corrected chi connectivity index (χ0v) is 12.2. The van der Waals surface area contributed by atoms with Crippen LogP contribution in [0.1, 0.15) is 50.2 Å². The molecule has 0 bridgehead atoms. The number of hydrogen-bond acceptors (Lipinski definition) is 4. The second-order valence-corrected chi connectivity index (χ2v) is 6.19. The summed E-state index contributed by atoms with van der Waals surface area (Å²) < 4.78 is 0. The van der Waals surface area contributed by atoms with Gasteiger partial charge in [-0.05, 0) is 13.1 Å². The number of nitriles is 1. The summed E-state index contributed by atoms with van der Waals surface area (Å²) in [5.74, 6) is 0. The van der Waals surface area contributed by atoms with Crippen LogP contribution in [0.5, 0.6) is 0 Å². The van der Waals surface area contributed by atoms with Gasteiger partial charge in [0.2, 0.25) is 0 Å². The molecule has 1 aromatic rings. The van der Waals surface area contributed by atoms with Crippen molar-refractivity contribution >= 4 is 11.3 Å². The first-order valence-corrected chi connectivity index (χ1v) is 6.86. The van der Waals surface area contributed by atoms with Crippen molar-refractivity contribution in [1.29, 1.82) is 5.26 Å². The van der Waals surface area contributed by atoms with Crippen molar-refractivity contribution in [3.8, 4) is 6.07 Å². The van der Waals surface area contributed by atoms with E-state index in [-0.39, 0.29) is 5.41 Å². The van der Waals surface area contributed by atoms with Crippen LogP contribution in [-0.2, 0) is 12.0 Å². The van der Waals surface area contributed by atoms with Gasteiger partial charge in [-0.15, -0.1) is 11.3 Å². The molecule has 0 atom stereocenters. The van der Waals surface area contributed by atoms with Gasteiger partial charge in [-0.1, -0.05) is 34.6 Å². The maximum Gasteiger partial charge on any atom is 0.128 e. The van der Waals surface area contributed by atoms with E-state index in [0.717, 1.165) is 35.2 Å². The third-order valence-electron chi connectivity index (χ3n) is 2.74. The Morgan fingerprint density at radius 3 is 2.24 bits per heavy atom. The molecule has 4 heteroatoms. The van der Waals surface area contributed by atoms with Crippen molar-refractivity contribution in [3.05, 3.63) is 15.6 Å². The standard InChI is InChI=1S/C13H21N3S/c1-6-16(7-2)9-11-15-12(13(3,4)5)10(8-14)17-11/h6-7,9H2,1-5H3. The molecule has 0 N–H and O–H groups in total. The summed E-state index contributed by atoms with van der Waals surface area (Å²) in [5.41, 5.74) is 0.885. The fourth-order valence-corrected chi connectivity index (χ4v) is 2.77. The van der Waals surface area contributed by atoms with Gasteiger partial charge in [0.25, 0.3) is 0 Å². The molecule has 94 valence electrons. The van der Waals surface area contributed by atoms with Crippen LogP contribution < -0.4 is 0 Å². The quantitative estimate of drug-likeness (QED) is 0.825. The predicted octanol–water partition coefficient (Wildman–Crippen LogP) is 3.15. The Bertz CT molecular complexity index is 405. The number of thiazole rings is 1. The Morgan fingerprint density at radius 2 is 1.88 bits per heavy atom. The number of nitrogens with zero attached hydrogens (tertiary/aromatic N) is 3. The Kier molecular flexibility index (Phi) is 4.67. The molecule has 0 unspecified atom stereocenters. The van der Waals surface area contributed by atoms with E-state index in [1.165, 1.54) is 11.3 Å². The minimum Gasteiger partial charge on any atom is -0.297 e. The van der Waals surface area contributed by atoms with Gasteiger partial charge in [-0.3, -0.25) is 4.90 Å². The van der Waals surface area contributed by atoms with Crippen LogP contribution in [0.25, 0.3) is 0 Å². The highest BCUT2D eigenvalue weighted by Crippen LogP contribution is 2.29. The lowest BCUT2D eigenvalue weighted by atomic mass is 9.91. The summed E-state index contributed by atoms with van der Waals surface area (Å²) in [7, 11) is 0. The summed E-state index contributed by atoms with van der Waals surface area (Å²) in [6.45, 7) is 13.5. The molecule has 1 rings (SSSR count). The summed E-state index contributed by atoms with van der Waals surface area (Å²) >= 11 is 1.53. The van der Waals surface area contributed by atoms with E-state index in [1.54, 1.807) is 0 Å². The zero-order chi connectivity index (χ0) is 13.1. The lowest BCUT2D eigenvalue weighted by Crippen LogP contribution is -2.22. The van der Waals surface area contributed by atoms with E-state index in [4.69, 9.17) is 5.26 Å². The van der Waals surface area contributed by atoms with Gasteiger partial charge in [0.05, 0.1) is 12.2 Å². The molecule has 0 fully saturated rings. The Balaban J connectivity index is 2.98. The van der Waals surface area contributed by atoms with Crippen LogP contribution in [0.2, 0.25) is 0 Å². The molecule has 1 aromatic heterocycles. The highest BCUT2D eigenvalue weighted by molar-refractivity contribution is 7.12. The molecular weight excluding hydrogens is 230 g/mol. The average Bonchev–Trinajstić information content (AvgIpc) is 2.68. The number of hydrogen-bond donors (Lipinski definition) is 0. The molecule has 3 nitrogen and oxygen atoms in total. The molecule has 0 aliphatic carbocycles. The Hall–Kier alpha value is -0.920. The van der Waals surface area contributed by atoms with Crippen LogP contribution in [0, 0.1) is 11.3 Å². The lowest BCUT2D eigenvalue weighted by Gasteiger charge is -2.17. The average molecular weight is 251 g/mol. The molecule has 17 heavy (non-hydrogen) atoms. The van der Waals surface area contributed by atoms with Crippen LogP contribution in [0.3, 0.4) is 0 Å². The van der Waals surface area contributed by atoms with Gasteiger partial charge in [0, 0.05) is 5.41 Å². The number of aromatic nitrogens is 1. The first-order chi connectivity index (χ1) is 7.92. The predicted molar refractivity (Wildman–Crippen MR) is 72.2 cm³/mol. The fourth-order valence-electron chi connectivity index (χ4n) is 1.65. The van der Waals surface area contributed by atoms with E-state index in [9.17, 15) is 0 Å². The molecule has 0 radical (unpaired) electrons. The molecule has 0 spiro atoms. The maximum atomic E-state index is 9.15. The van der Waals surface area contributed by atoms with Crippen molar-refractivity contribution in [2.24, 2.45) is 0 Å². The normalized spacial score (nSPS) is 11.8. The molecule has 0 aliphatic heterocycles. The van der Waals surface area contributed by atoms with Gasteiger partial charge in [0.15, 0.2) is 0 Å². The Labute approximate surface area is 108 Å². The molecule has 0 saturated carbocycles. The second-order valence-electron chi connectivity index (χ2n) is 5.11. The van der Waals surface area contributed by atoms with Crippen LogP contribution >= 0.6 is 11.3 Å². The maximum absolute atomic E-state index is 9.15. The minimum absolute atomic E-state index is 0.0525. The van der Waals surface area contributed by atoms with Crippen molar-refractivity contribution in [2.75, 3.05) is 13.1 Å². The topological polar surface area (TPSA) is 39.9 Å². The van der Waals surface area contributed by atoms with Crippen molar-refractivity contribution in [3.63, 3.8) is 0 Å². The van der Waals surface area contributed by atoms with Gasteiger partial charge < -0.3 is 0 Å². The van der Waals surface area contributed by atoms with Gasteiger partial charge in [0.1, 0.15) is 16.0 Å². The lowest BCUT2D eigenvalue weighted by molar-refractivity contribution is 0.295. The fraction of sp³-hybridized carbons (Fsp3) is 0.692. The van der Waals surface area contributed by atoms with Gasteiger partial charge >= 0.3 is 0 Å². The summed E-state index contributed by atoms with van der Waals surface area (Å²) in [4.78, 5) is 7.72. The monoisotopic (exact) mass is 251 g/mol. The second kappa shape index (κ2) is 5.61. The largest absolute Gasteiger partial charge is 0.297 e. The van der Waals surface area contributed by atoms with Crippen LogP contribution in [0.4, 0.5) is 0 Å². The Morgan fingerprint density at radius 1 is 1.29 bits per heavy atom. The molecule has 0 aliphatic rings. The highest BCUT2D eigenvalue weighted by atomic mass is 32.1. The first kappa shape index (κ1) is 14.1. The minimum atomic E-state index is -0.0525. The third kappa shape index (κ3) is 3.52. The molecular formula is C13H21N3S. The zero-order valence-electron chi connectivity index (χ0n) is 11.4. The SMILES string of the molecule is CCN(CC)Cc1nc(C(C)(C)C)c(C#N)s1. The third-order valence-corrected chi connectivity index (χ3v) is 3.68. The molecule has 1 heterocycles. The van der Waals surface area contributed by atoms with Crippen LogP contribution in [0.15, 0.2) is 0 Å². The van der Waals surface area contributed by atoms with Crippen molar-refractivity contribution in [2.45, 2.75) is 46.6 Å². The van der Waals surface area contributed by atoms with E-state index >= 15 is 0 Å². The first-order valence-electron chi connectivity index (χ1n) is 6.05. The summed E-state index contributed by atoms with van der Waals surface area (Å²) in [6, 6.07) is 2.27. The van der Waals surface area contributed by atoms with E-state index in [1.807, 2.05) is 0 Å². The van der Waals surface area contributed by atoms with Crippen molar-refractivity contribution in [1.82, 2.24) is 9.88 Å². The van der Waals surface area contributed by atoms with Gasteiger partial charge in [-0.2, -0.15) is 5.26 Å². The van der Waals surface area contributed by atoms with Gasteiger partial charge in [-0.25, -0.2) is 4.98 Å². The summed E-state index contributed by atoms with van der Waals surface area (Å²) in [5, 5.41) is 10.2. The van der Waals surface area contributed by atoms with Crippen molar-refractivity contribution < 1.29 is 0 Å². The smallest absolute Gasteiger partial charge is 0.128 e.